The van der Waals surface area contributed by atoms with Gasteiger partial charge in [-0.1, -0.05) is 17.7 Å². The highest BCUT2D eigenvalue weighted by molar-refractivity contribution is 6.03. The molecule has 0 aliphatic heterocycles. The summed E-state index contributed by atoms with van der Waals surface area (Å²) in [6.07, 6.45) is 1.64. The number of nitrogens with one attached hydrogen (secondary N) is 2. The van der Waals surface area contributed by atoms with E-state index in [0.717, 1.165) is 11.4 Å². The van der Waals surface area contributed by atoms with Gasteiger partial charge in [0, 0.05) is 11.3 Å². The Balaban J connectivity index is 1.64. The zero-order chi connectivity index (χ0) is 16.9. The molecule has 0 aliphatic carbocycles. The minimum Gasteiger partial charge on any atom is -0.354 e. The molecule has 0 bridgehead atoms. The van der Waals surface area contributed by atoms with Crippen molar-refractivity contribution in [1.29, 1.82) is 0 Å². The van der Waals surface area contributed by atoms with Crippen LogP contribution < -0.4 is 10.6 Å². The molecule has 4 nitrogen and oxygen atoms in total. The number of aromatic nitrogens is 1. The number of rotatable bonds is 4. The molecule has 5 heteroatoms. The summed E-state index contributed by atoms with van der Waals surface area (Å²) in [5.41, 5.74) is 3.35. The van der Waals surface area contributed by atoms with Gasteiger partial charge < -0.3 is 10.6 Å². The van der Waals surface area contributed by atoms with Gasteiger partial charge in [0.2, 0.25) is 0 Å². The van der Waals surface area contributed by atoms with E-state index in [9.17, 15) is 9.18 Å². The molecule has 0 unspecified atom stereocenters. The Morgan fingerprint density at radius 1 is 0.917 bits per heavy atom. The summed E-state index contributed by atoms with van der Waals surface area (Å²) in [5, 5.41) is 5.91. The van der Waals surface area contributed by atoms with Crippen molar-refractivity contribution >= 4 is 23.1 Å². The second kappa shape index (κ2) is 6.91. The number of hydrogen-bond donors (Lipinski definition) is 2. The number of benzene rings is 2. The van der Waals surface area contributed by atoms with E-state index in [1.54, 1.807) is 12.3 Å². The number of amides is 1. The third kappa shape index (κ3) is 3.95. The van der Waals surface area contributed by atoms with Crippen LogP contribution in [0.1, 0.15) is 15.9 Å². The Bertz CT molecular complexity index is 828. The van der Waals surface area contributed by atoms with Crippen LogP contribution in [0, 0.1) is 12.7 Å². The fourth-order valence-corrected chi connectivity index (χ4v) is 2.14. The van der Waals surface area contributed by atoms with Crippen molar-refractivity contribution in [2.75, 3.05) is 10.6 Å². The maximum atomic E-state index is 12.9. The molecule has 0 saturated heterocycles. The normalized spacial score (nSPS) is 10.2. The van der Waals surface area contributed by atoms with Gasteiger partial charge in [-0.3, -0.25) is 4.79 Å². The summed E-state index contributed by atoms with van der Waals surface area (Å²) in [7, 11) is 0. The fourth-order valence-electron chi connectivity index (χ4n) is 2.14. The first-order valence-corrected chi connectivity index (χ1v) is 7.47. The van der Waals surface area contributed by atoms with Crippen LogP contribution in [-0.2, 0) is 0 Å². The number of anilines is 3. The molecule has 0 spiro atoms. The van der Waals surface area contributed by atoms with Crippen molar-refractivity contribution < 1.29 is 9.18 Å². The molecule has 2 aromatic carbocycles. The molecular weight excluding hydrogens is 305 g/mol. The average Bonchev–Trinajstić information content (AvgIpc) is 2.59. The van der Waals surface area contributed by atoms with Gasteiger partial charge in [0.1, 0.15) is 11.6 Å². The highest BCUT2D eigenvalue weighted by atomic mass is 19.1. The molecule has 3 rings (SSSR count). The topological polar surface area (TPSA) is 54.0 Å². The second-order valence-corrected chi connectivity index (χ2v) is 5.38. The predicted molar refractivity (Wildman–Crippen MR) is 93.1 cm³/mol. The van der Waals surface area contributed by atoms with Crippen LogP contribution in [0.5, 0.6) is 0 Å². The molecule has 0 fully saturated rings. The van der Waals surface area contributed by atoms with Crippen molar-refractivity contribution in [2.24, 2.45) is 0 Å². The third-order valence-electron chi connectivity index (χ3n) is 3.45. The SMILES string of the molecule is Cc1ccc(Nc2ccc(NC(=O)c3ccc(F)cc3)nc2)cc1. The lowest BCUT2D eigenvalue weighted by Crippen LogP contribution is -2.12. The van der Waals surface area contributed by atoms with E-state index >= 15 is 0 Å². The lowest BCUT2D eigenvalue weighted by molar-refractivity contribution is 0.102. The maximum absolute atomic E-state index is 12.9. The summed E-state index contributed by atoms with van der Waals surface area (Å²) in [6.45, 7) is 2.03. The Morgan fingerprint density at radius 3 is 2.21 bits per heavy atom. The van der Waals surface area contributed by atoms with Crippen LogP contribution in [0.25, 0.3) is 0 Å². The smallest absolute Gasteiger partial charge is 0.256 e. The second-order valence-electron chi connectivity index (χ2n) is 5.38. The van der Waals surface area contributed by atoms with Crippen LogP contribution in [0.15, 0.2) is 66.9 Å². The first kappa shape index (κ1) is 15.7. The minimum absolute atomic E-state index is 0.332. The van der Waals surface area contributed by atoms with Gasteiger partial charge in [-0.15, -0.1) is 0 Å². The van der Waals surface area contributed by atoms with Crippen LogP contribution in [0.2, 0.25) is 0 Å². The van der Waals surface area contributed by atoms with E-state index in [0.29, 0.717) is 11.4 Å². The molecule has 120 valence electrons. The largest absolute Gasteiger partial charge is 0.354 e. The number of carbonyl (C=O) groups excluding carboxylic acids is 1. The average molecular weight is 321 g/mol. The zero-order valence-corrected chi connectivity index (χ0v) is 13.1. The Morgan fingerprint density at radius 2 is 1.58 bits per heavy atom. The monoisotopic (exact) mass is 321 g/mol. The van der Waals surface area contributed by atoms with E-state index in [2.05, 4.69) is 15.6 Å². The van der Waals surface area contributed by atoms with Crippen LogP contribution in [0.3, 0.4) is 0 Å². The van der Waals surface area contributed by atoms with Crippen molar-refractivity contribution in [3.8, 4) is 0 Å². The number of nitrogens with zero attached hydrogens (tertiary/aromatic N) is 1. The standard InChI is InChI=1S/C19H16FN3O/c1-13-2-8-16(9-3-13)22-17-10-11-18(21-12-17)23-19(24)14-4-6-15(20)7-5-14/h2-12,22H,1H3,(H,21,23,24). The number of carbonyl (C=O) groups is 1. The molecule has 24 heavy (non-hydrogen) atoms. The number of halogens is 1. The van der Waals surface area contributed by atoms with E-state index in [1.807, 2.05) is 37.3 Å². The van der Waals surface area contributed by atoms with Gasteiger partial charge in [0.15, 0.2) is 0 Å². The van der Waals surface area contributed by atoms with Gasteiger partial charge >= 0.3 is 0 Å². The molecule has 0 radical (unpaired) electrons. The lowest BCUT2D eigenvalue weighted by Gasteiger charge is -2.08. The summed E-state index contributed by atoms with van der Waals surface area (Å²) >= 11 is 0. The van der Waals surface area contributed by atoms with Gasteiger partial charge in [-0.2, -0.15) is 0 Å². The van der Waals surface area contributed by atoms with Gasteiger partial charge in [-0.05, 0) is 55.5 Å². The van der Waals surface area contributed by atoms with Gasteiger partial charge in [0.25, 0.3) is 5.91 Å². The van der Waals surface area contributed by atoms with E-state index in [1.165, 1.54) is 29.8 Å². The Labute approximate surface area is 139 Å². The summed E-state index contributed by atoms with van der Waals surface area (Å²) < 4.78 is 12.9. The number of hydrogen-bond acceptors (Lipinski definition) is 3. The summed E-state index contributed by atoms with van der Waals surface area (Å²) in [6, 6.07) is 16.9. The first-order valence-electron chi connectivity index (χ1n) is 7.47. The van der Waals surface area contributed by atoms with Crippen LogP contribution >= 0.6 is 0 Å². The first-order chi connectivity index (χ1) is 11.6. The Hall–Kier alpha value is -3.21. The quantitative estimate of drug-likeness (QED) is 0.742. The number of pyridine rings is 1. The molecule has 3 aromatic rings. The molecule has 2 N–H and O–H groups in total. The summed E-state index contributed by atoms with van der Waals surface area (Å²) in [5.74, 6) is -0.281. The Kier molecular flexibility index (Phi) is 4.52. The minimum atomic E-state index is -0.379. The van der Waals surface area contributed by atoms with Crippen molar-refractivity contribution in [1.82, 2.24) is 4.98 Å². The third-order valence-corrected chi connectivity index (χ3v) is 3.45. The summed E-state index contributed by atoms with van der Waals surface area (Å²) in [4.78, 5) is 16.3. The maximum Gasteiger partial charge on any atom is 0.256 e. The molecule has 0 atom stereocenters. The van der Waals surface area contributed by atoms with Gasteiger partial charge in [-0.25, -0.2) is 9.37 Å². The lowest BCUT2D eigenvalue weighted by atomic mass is 10.2. The van der Waals surface area contributed by atoms with E-state index in [4.69, 9.17) is 0 Å². The fraction of sp³-hybridized carbons (Fsp3) is 0.0526. The molecule has 0 aliphatic rings. The van der Waals surface area contributed by atoms with Crippen molar-refractivity contribution in [3.63, 3.8) is 0 Å². The van der Waals surface area contributed by atoms with Gasteiger partial charge in [0.05, 0.1) is 11.9 Å². The molecule has 0 saturated carbocycles. The van der Waals surface area contributed by atoms with Crippen molar-refractivity contribution in [3.05, 3.63) is 83.8 Å². The van der Waals surface area contributed by atoms with E-state index in [-0.39, 0.29) is 11.7 Å². The molecular formula is C19H16FN3O. The molecule has 1 amide bonds. The van der Waals surface area contributed by atoms with Crippen LogP contribution in [-0.4, -0.2) is 10.9 Å². The number of aryl methyl sites for hydroxylation is 1. The highest BCUT2D eigenvalue weighted by Gasteiger charge is 2.07. The molecule has 1 heterocycles. The highest BCUT2D eigenvalue weighted by Crippen LogP contribution is 2.17. The van der Waals surface area contributed by atoms with Crippen molar-refractivity contribution in [2.45, 2.75) is 6.92 Å². The zero-order valence-electron chi connectivity index (χ0n) is 13.1. The van der Waals surface area contributed by atoms with E-state index < -0.39 is 0 Å². The predicted octanol–water partition coefficient (Wildman–Crippen LogP) is 4.53. The van der Waals surface area contributed by atoms with Crippen LogP contribution in [0.4, 0.5) is 21.6 Å². The molecule has 1 aromatic heterocycles.